The van der Waals surface area contributed by atoms with Gasteiger partial charge in [-0.25, -0.2) is 0 Å². The second-order valence-corrected chi connectivity index (χ2v) is 7.41. The highest BCUT2D eigenvalue weighted by atomic mass is 35.5. The molecular weight excluding hydrogens is 336 g/mol. The highest BCUT2D eigenvalue weighted by molar-refractivity contribution is 6.31. The molecular formula is C20H25ClN2O2. The molecule has 0 bridgehead atoms. The van der Waals surface area contributed by atoms with Crippen LogP contribution < -0.4 is 5.32 Å². The van der Waals surface area contributed by atoms with Gasteiger partial charge in [0.1, 0.15) is 0 Å². The van der Waals surface area contributed by atoms with Gasteiger partial charge >= 0.3 is 0 Å². The van der Waals surface area contributed by atoms with Gasteiger partial charge in [-0.3, -0.25) is 9.59 Å². The van der Waals surface area contributed by atoms with Crippen molar-refractivity contribution in [3.05, 3.63) is 40.4 Å². The monoisotopic (exact) mass is 360 g/mol. The van der Waals surface area contributed by atoms with Crippen molar-refractivity contribution < 1.29 is 9.59 Å². The first-order valence-corrected chi connectivity index (χ1v) is 9.44. The lowest BCUT2D eigenvalue weighted by atomic mass is 9.97. The molecule has 2 aliphatic rings. The molecule has 5 heteroatoms. The molecule has 1 unspecified atom stereocenters. The summed E-state index contributed by atoms with van der Waals surface area (Å²) < 4.78 is 0. The van der Waals surface area contributed by atoms with Crippen LogP contribution in [-0.2, 0) is 9.59 Å². The molecule has 1 N–H and O–H groups in total. The molecule has 4 nitrogen and oxygen atoms in total. The number of benzene rings is 1. The maximum atomic E-state index is 12.5. The molecule has 25 heavy (non-hydrogen) atoms. The van der Waals surface area contributed by atoms with Crippen LogP contribution in [0.1, 0.15) is 44.1 Å². The van der Waals surface area contributed by atoms with Crippen molar-refractivity contribution in [3.8, 4) is 0 Å². The predicted molar refractivity (Wildman–Crippen MR) is 101 cm³/mol. The van der Waals surface area contributed by atoms with E-state index >= 15 is 0 Å². The summed E-state index contributed by atoms with van der Waals surface area (Å²) in [5.41, 5.74) is 3.03. The van der Waals surface area contributed by atoms with Gasteiger partial charge in [0.25, 0.3) is 0 Å². The number of allylic oxidation sites excluding steroid dienone is 1. The van der Waals surface area contributed by atoms with Crippen molar-refractivity contribution in [1.82, 2.24) is 4.90 Å². The van der Waals surface area contributed by atoms with Crippen LogP contribution in [0, 0.1) is 12.8 Å². The Morgan fingerprint density at radius 3 is 2.96 bits per heavy atom. The summed E-state index contributed by atoms with van der Waals surface area (Å²) in [4.78, 5) is 26.6. The third-order valence-corrected chi connectivity index (χ3v) is 5.61. The minimum absolute atomic E-state index is 0.0828. The van der Waals surface area contributed by atoms with Gasteiger partial charge in [-0.15, -0.1) is 0 Å². The Morgan fingerprint density at radius 1 is 1.36 bits per heavy atom. The van der Waals surface area contributed by atoms with E-state index in [9.17, 15) is 9.59 Å². The first kappa shape index (κ1) is 18.0. The van der Waals surface area contributed by atoms with Crippen LogP contribution in [0.4, 0.5) is 5.69 Å². The number of carbonyl (C=O) groups excluding carboxylic acids is 2. The molecule has 1 aromatic carbocycles. The van der Waals surface area contributed by atoms with Crippen LogP contribution in [-0.4, -0.2) is 29.8 Å². The van der Waals surface area contributed by atoms with Crippen molar-refractivity contribution in [2.24, 2.45) is 5.92 Å². The third-order valence-electron chi connectivity index (χ3n) is 5.20. The molecule has 3 rings (SSSR count). The fraction of sp³-hybridized carbons (Fsp3) is 0.500. The van der Waals surface area contributed by atoms with E-state index in [0.29, 0.717) is 18.0 Å². The van der Waals surface area contributed by atoms with E-state index in [0.717, 1.165) is 37.1 Å². The zero-order chi connectivity index (χ0) is 17.8. The maximum Gasteiger partial charge on any atom is 0.229 e. The highest BCUT2D eigenvalue weighted by Gasteiger charge is 2.34. The van der Waals surface area contributed by atoms with Crippen molar-refractivity contribution in [3.63, 3.8) is 0 Å². The van der Waals surface area contributed by atoms with Gasteiger partial charge in [0.05, 0.1) is 5.92 Å². The maximum absolute atomic E-state index is 12.5. The highest BCUT2D eigenvalue weighted by Crippen LogP contribution is 2.26. The molecule has 134 valence electrons. The molecule has 2 amide bonds. The van der Waals surface area contributed by atoms with Crippen LogP contribution in [0.3, 0.4) is 0 Å². The van der Waals surface area contributed by atoms with E-state index in [1.807, 2.05) is 24.0 Å². The average molecular weight is 361 g/mol. The Kier molecular flexibility index (Phi) is 5.79. The molecule has 1 heterocycles. The second-order valence-electron chi connectivity index (χ2n) is 7.00. The van der Waals surface area contributed by atoms with Gasteiger partial charge in [-0.2, -0.15) is 0 Å². The summed E-state index contributed by atoms with van der Waals surface area (Å²) >= 11 is 6.10. The van der Waals surface area contributed by atoms with Gasteiger partial charge in [-0.05, 0) is 56.7 Å². The number of amides is 2. The SMILES string of the molecule is Cc1c(Cl)cccc1NC(=O)C1CC(=O)N(CCC2=CCCCC2)C1. The quantitative estimate of drug-likeness (QED) is 0.795. The smallest absolute Gasteiger partial charge is 0.229 e. The summed E-state index contributed by atoms with van der Waals surface area (Å²) in [6.07, 6.45) is 8.39. The lowest BCUT2D eigenvalue weighted by Gasteiger charge is -2.19. The van der Waals surface area contributed by atoms with Crippen molar-refractivity contribution >= 4 is 29.1 Å². The van der Waals surface area contributed by atoms with Crippen molar-refractivity contribution in [2.45, 2.75) is 45.4 Å². The minimum atomic E-state index is -0.286. The number of nitrogens with zero attached hydrogens (tertiary/aromatic N) is 1. The van der Waals surface area contributed by atoms with Crippen LogP contribution in [0.25, 0.3) is 0 Å². The summed E-state index contributed by atoms with van der Waals surface area (Å²) in [6, 6.07) is 5.45. The van der Waals surface area contributed by atoms with Crippen LogP contribution in [0.5, 0.6) is 0 Å². The number of anilines is 1. The van der Waals surface area contributed by atoms with Crippen LogP contribution >= 0.6 is 11.6 Å². The molecule has 0 aromatic heterocycles. The van der Waals surface area contributed by atoms with E-state index in [1.54, 1.807) is 6.07 Å². The number of likely N-dealkylation sites (tertiary alicyclic amines) is 1. The zero-order valence-corrected chi connectivity index (χ0v) is 15.4. The van der Waals surface area contributed by atoms with E-state index < -0.39 is 0 Å². The van der Waals surface area contributed by atoms with Crippen LogP contribution in [0.2, 0.25) is 5.02 Å². The summed E-state index contributed by atoms with van der Waals surface area (Å²) in [5, 5.41) is 3.55. The number of hydrogen-bond donors (Lipinski definition) is 1. The molecule has 1 saturated heterocycles. The largest absolute Gasteiger partial charge is 0.342 e. The summed E-state index contributed by atoms with van der Waals surface area (Å²) in [5.74, 6) is -0.302. The Morgan fingerprint density at radius 2 is 2.20 bits per heavy atom. The average Bonchev–Trinajstić information content (AvgIpc) is 2.99. The fourth-order valence-electron chi connectivity index (χ4n) is 3.55. The van der Waals surface area contributed by atoms with Gasteiger partial charge in [0.2, 0.25) is 11.8 Å². The summed E-state index contributed by atoms with van der Waals surface area (Å²) in [7, 11) is 0. The fourth-order valence-corrected chi connectivity index (χ4v) is 3.73. The van der Waals surface area contributed by atoms with Crippen molar-refractivity contribution in [1.29, 1.82) is 0 Å². The molecule has 1 fully saturated rings. The normalized spacial score (nSPS) is 20.6. The number of carbonyl (C=O) groups is 2. The first-order chi connectivity index (χ1) is 12.0. The first-order valence-electron chi connectivity index (χ1n) is 9.06. The molecule has 1 aliphatic heterocycles. The summed E-state index contributed by atoms with van der Waals surface area (Å²) in [6.45, 7) is 3.12. The molecule has 1 atom stereocenters. The molecule has 1 aromatic rings. The number of halogens is 1. The number of rotatable bonds is 5. The van der Waals surface area contributed by atoms with Gasteiger partial charge in [-0.1, -0.05) is 29.3 Å². The third kappa shape index (κ3) is 4.43. The Hall–Kier alpha value is -1.81. The Labute approximate surface area is 154 Å². The van der Waals surface area contributed by atoms with E-state index in [4.69, 9.17) is 11.6 Å². The minimum Gasteiger partial charge on any atom is -0.342 e. The zero-order valence-electron chi connectivity index (χ0n) is 14.7. The number of nitrogens with one attached hydrogen (secondary N) is 1. The lowest BCUT2D eigenvalue weighted by molar-refractivity contribution is -0.128. The Bertz CT molecular complexity index is 699. The topological polar surface area (TPSA) is 49.4 Å². The van der Waals surface area contributed by atoms with E-state index in [-0.39, 0.29) is 17.7 Å². The van der Waals surface area contributed by atoms with Gasteiger partial charge in [0.15, 0.2) is 0 Å². The molecule has 0 spiro atoms. The van der Waals surface area contributed by atoms with E-state index in [1.165, 1.54) is 18.4 Å². The van der Waals surface area contributed by atoms with Gasteiger partial charge in [0, 0.05) is 30.2 Å². The second kappa shape index (κ2) is 8.05. The number of hydrogen-bond acceptors (Lipinski definition) is 2. The Balaban J connectivity index is 1.55. The molecule has 0 radical (unpaired) electrons. The van der Waals surface area contributed by atoms with E-state index in [2.05, 4.69) is 11.4 Å². The van der Waals surface area contributed by atoms with Gasteiger partial charge < -0.3 is 10.2 Å². The van der Waals surface area contributed by atoms with Crippen molar-refractivity contribution in [2.75, 3.05) is 18.4 Å². The van der Waals surface area contributed by atoms with Crippen LogP contribution in [0.15, 0.2) is 29.8 Å². The standard InChI is InChI=1S/C20H25ClN2O2/c1-14-17(21)8-5-9-18(14)22-20(25)16-12-19(24)23(13-16)11-10-15-6-3-2-4-7-15/h5-6,8-9,16H,2-4,7,10-13H2,1H3,(H,22,25). The molecule has 0 saturated carbocycles. The predicted octanol–water partition coefficient (Wildman–Crippen LogP) is 4.33. The molecule has 1 aliphatic carbocycles. The lowest BCUT2D eigenvalue weighted by Crippen LogP contribution is -2.29.